The van der Waals surface area contributed by atoms with E-state index in [0.29, 0.717) is 37.1 Å². The minimum Gasteiger partial charge on any atom is -0.336 e. The van der Waals surface area contributed by atoms with E-state index in [1.54, 1.807) is 12.1 Å². The number of rotatable bonds is 2. The maximum absolute atomic E-state index is 13.8. The lowest BCUT2D eigenvalue weighted by Gasteiger charge is -2.33. The van der Waals surface area contributed by atoms with Crippen LogP contribution in [0.2, 0.25) is 0 Å². The van der Waals surface area contributed by atoms with Gasteiger partial charge in [-0.2, -0.15) is 13.2 Å². The summed E-state index contributed by atoms with van der Waals surface area (Å²) in [5.41, 5.74) is -1.61. The highest BCUT2D eigenvalue weighted by Crippen LogP contribution is 2.37. The lowest BCUT2D eigenvalue weighted by Crippen LogP contribution is -2.47. The lowest BCUT2D eigenvalue weighted by atomic mass is 10.0. The number of carbonyl (C=O) groups is 3. The summed E-state index contributed by atoms with van der Waals surface area (Å²) in [4.78, 5) is 42.1. The number of likely N-dealkylation sites (N-methyl/N-ethyl adjacent to an activating group) is 1. The van der Waals surface area contributed by atoms with Crippen molar-refractivity contribution in [1.82, 2.24) is 9.80 Å². The standard InChI is InChI=1S/C21H18F3N3O3/c1-25-8-10-26(11-9-25)18(28)16-7-6-13(12-17(16)21(22,23)24)27-19(29)14-4-2-3-5-15(14)20(27)30/h2-7,12H,8-11H2,1H3. The molecule has 4 rings (SSSR count). The fraction of sp³-hybridized carbons (Fsp3) is 0.286. The predicted molar refractivity (Wildman–Crippen MR) is 102 cm³/mol. The highest BCUT2D eigenvalue weighted by molar-refractivity contribution is 6.34. The molecule has 3 amide bonds. The lowest BCUT2D eigenvalue weighted by molar-refractivity contribution is -0.138. The zero-order chi connectivity index (χ0) is 21.6. The first-order valence-electron chi connectivity index (χ1n) is 9.35. The second-order valence-corrected chi connectivity index (χ2v) is 7.31. The number of benzene rings is 2. The van der Waals surface area contributed by atoms with Crippen molar-refractivity contribution in [3.05, 3.63) is 64.7 Å². The summed E-state index contributed by atoms with van der Waals surface area (Å²) in [6, 6.07) is 9.00. The van der Waals surface area contributed by atoms with E-state index in [1.807, 2.05) is 11.9 Å². The molecule has 0 unspecified atom stereocenters. The Labute approximate surface area is 170 Å². The van der Waals surface area contributed by atoms with Gasteiger partial charge in [-0.25, -0.2) is 4.90 Å². The molecule has 0 aromatic heterocycles. The van der Waals surface area contributed by atoms with Gasteiger partial charge in [0.25, 0.3) is 17.7 Å². The van der Waals surface area contributed by atoms with Crippen LogP contribution in [0.15, 0.2) is 42.5 Å². The van der Waals surface area contributed by atoms with Crippen LogP contribution in [0.25, 0.3) is 0 Å². The van der Waals surface area contributed by atoms with Crippen molar-refractivity contribution in [2.45, 2.75) is 6.18 Å². The molecule has 0 atom stereocenters. The Bertz CT molecular complexity index is 1010. The van der Waals surface area contributed by atoms with Crippen molar-refractivity contribution >= 4 is 23.4 Å². The Hall–Kier alpha value is -3.20. The summed E-state index contributed by atoms with van der Waals surface area (Å²) in [6.07, 6.45) is -4.83. The summed E-state index contributed by atoms with van der Waals surface area (Å²) >= 11 is 0. The molecule has 9 heteroatoms. The maximum atomic E-state index is 13.8. The van der Waals surface area contributed by atoms with Gasteiger partial charge >= 0.3 is 6.18 Å². The monoisotopic (exact) mass is 417 g/mol. The number of fused-ring (bicyclic) bond motifs is 1. The van der Waals surface area contributed by atoms with Crippen LogP contribution in [0.5, 0.6) is 0 Å². The van der Waals surface area contributed by atoms with Crippen molar-refractivity contribution in [1.29, 1.82) is 0 Å². The van der Waals surface area contributed by atoms with Gasteiger partial charge in [-0.3, -0.25) is 14.4 Å². The Balaban J connectivity index is 1.72. The average Bonchev–Trinajstić information content (AvgIpc) is 2.98. The number of nitrogens with zero attached hydrogens (tertiary/aromatic N) is 3. The Morgan fingerprint density at radius 2 is 1.47 bits per heavy atom. The number of halogens is 3. The first kappa shape index (κ1) is 20.1. The quantitative estimate of drug-likeness (QED) is 0.705. The molecule has 2 aromatic carbocycles. The molecule has 2 aromatic rings. The highest BCUT2D eigenvalue weighted by Gasteiger charge is 2.40. The molecule has 1 fully saturated rings. The summed E-state index contributed by atoms with van der Waals surface area (Å²) < 4.78 is 41.4. The average molecular weight is 417 g/mol. The van der Waals surface area contributed by atoms with Crippen LogP contribution in [-0.2, 0) is 6.18 Å². The largest absolute Gasteiger partial charge is 0.417 e. The SMILES string of the molecule is CN1CCN(C(=O)c2ccc(N3C(=O)c4ccccc4C3=O)cc2C(F)(F)F)CC1. The molecule has 30 heavy (non-hydrogen) atoms. The Morgan fingerprint density at radius 3 is 2.00 bits per heavy atom. The van der Waals surface area contributed by atoms with Crippen LogP contribution in [-0.4, -0.2) is 60.7 Å². The van der Waals surface area contributed by atoms with Crippen molar-refractivity contribution in [3.8, 4) is 0 Å². The van der Waals surface area contributed by atoms with Crippen LogP contribution >= 0.6 is 0 Å². The van der Waals surface area contributed by atoms with Gasteiger partial charge in [-0.15, -0.1) is 0 Å². The number of alkyl halides is 3. The van der Waals surface area contributed by atoms with E-state index in [-0.39, 0.29) is 16.8 Å². The summed E-state index contributed by atoms with van der Waals surface area (Å²) in [5, 5.41) is 0. The zero-order valence-electron chi connectivity index (χ0n) is 16.1. The number of amides is 3. The molecular formula is C21H18F3N3O3. The van der Waals surface area contributed by atoms with Gasteiger partial charge in [0.05, 0.1) is 27.9 Å². The van der Waals surface area contributed by atoms with Gasteiger partial charge in [0.2, 0.25) is 0 Å². The first-order valence-corrected chi connectivity index (χ1v) is 9.35. The summed E-state index contributed by atoms with van der Waals surface area (Å²) in [5.74, 6) is -2.10. The van der Waals surface area contributed by atoms with Crippen LogP contribution in [0.4, 0.5) is 18.9 Å². The molecule has 0 aliphatic carbocycles. The van der Waals surface area contributed by atoms with E-state index in [4.69, 9.17) is 0 Å². The minimum absolute atomic E-state index is 0.133. The summed E-state index contributed by atoms with van der Waals surface area (Å²) in [7, 11) is 1.87. The maximum Gasteiger partial charge on any atom is 0.417 e. The molecule has 0 radical (unpaired) electrons. The molecule has 2 heterocycles. The Kier molecular flexibility index (Phi) is 4.85. The highest BCUT2D eigenvalue weighted by atomic mass is 19.4. The van der Waals surface area contributed by atoms with E-state index in [0.717, 1.165) is 6.07 Å². The first-order chi connectivity index (χ1) is 14.2. The Morgan fingerprint density at radius 1 is 0.900 bits per heavy atom. The number of hydrogen-bond donors (Lipinski definition) is 0. The second-order valence-electron chi connectivity index (χ2n) is 7.31. The van der Waals surface area contributed by atoms with Crippen molar-refractivity contribution in [3.63, 3.8) is 0 Å². The molecule has 156 valence electrons. The van der Waals surface area contributed by atoms with Gasteiger partial charge in [-0.1, -0.05) is 12.1 Å². The number of hydrogen-bond acceptors (Lipinski definition) is 4. The third kappa shape index (κ3) is 3.35. The third-order valence-corrected chi connectivity index (χ3v) is 5.38. The molecule has 1 saturated heterocycles. The number of piperazine rings is 1. The van der Waals surface area contributed by atoms with Crippen LogP contribution in [0.1, 0.15) is 36.6 Å². The zero-order valence-corrected chi connectivity index (χ0v) is 16.1. The van der Waals surface area contributed by atoms with Crippen molar-refractivity contribution in [2.75, 3.05) is 38.1 Å². The van der Waals surface area contributed by atoms with Gasteiger partial charge in [-0.05, 0) is 37.4 Å². The second kappa shape index (κ2) is 7.24. The predicted octanol–water partition coefficient (Wildman–Crippen LogP) is 2.89. The van der Waals surface area contributed by atoms with E-state index in [9.17, 15) is 27.6 Å². The molecule has 6 nitrogen and oxygen atoms in total. The van der Waals surface area contributed by atoms with Crippen LogP contribution in [0.3, 0.4) is 0 Å². The number of imide groups is 1. The van der Waals surface area contributed by atoms with Crippen LogP contribution in [0, 0.1) is 0 Å². The van der Waals surface area contributed by atoms with E-state index >= 15 is 0 Å². The third-order valence-electron chi connectivity index (χ3n) is 5.38. The molecule has 2 aliphatic rings. The fourth-order valence-corrected chi connectivity index (χ4v) is 3.70. The molecular weight excluding hydrogens is 399 g/mol. The van der Waals surface area contributed by atoms with Gasteiger partial charge < -0.3 is 9.80 Å². The normalized spacial score (nSPS) is 17.5. The topological polar surface area (TPSA) is 60.9 Å². The van der Waals surface area contributed by atoms with Gasteiger partial charge in [0, 0.05) is 26.2 Å². The molecule has 0 N–H and O–H groups in total. The minimum atomic E-state index is -4.83. The molecule has 2 aliphatic heterocycles. The molecule has 0 bridgehead atoms. The van der Waals surface area contributed by atoms with Crippen LogP contribution < -0.4 is 4.90 Å². The number of carbonyl (C=O) groups excluding carboxylic acids is 3. The van der Waals surface area contributed by atoms with E-state index in [2.05, 4.69) is 0 Å². The van der Waals surface area contributed by atoms with Crippen molar-refractivity contribution in [2.24, 2.45) is 0 Å². The van der Waals surface area contributed by atoms with E-state index < -0.39 is 35.0 Å². The fourth-order valence-electron chi connectivity index (χ4n) is 3.70. The molecule has 0 saturated carbocycles. The number of anilines is 1. The van der Waals surface area contributed by atoms with E-state index in [1.165, 1.54) is 23.1 Å². The van der Waals surface area contributed by atoms with Gasteiger partial charge in [0.1, 0.15) is 0 Å². The summed E-state index contributed by atoms with van der Waals surface area (Å²) in [6.45, 7) is 1.79. The van der Waals surface area contributed by atoms with Gasteiger partial charge in [0.15, 0.2) is 0 Å². The molecule has 0 spiro atoms. The van der Waals surface area contributed by atoms with Crippen molar-refractivity contribution < 1.29 is 27.6 Å². The smallest absolute Gasteiger partial charge is 0.336 e.